The van der Waals surface area contributed by atoms with Crippen LogP contribution in [0.5, 0.6) is 0 Å². The second kappa shape index (κ2) is 3.84. The molecule has 0 radical (unpaired) electrons. The van der Waals surface area contributed by atoms with Crippen molar-refractivity contribution in [3.05, 3.63) is 22.2 Å². The van der Waals surface area contributed by atoms with Crippen molar-refractivity contribution in [2.75, 3.05) is 11.9 Å². The summed E-state index contributed by atoms with van der Waals surface area (Å²) >= 11 is 0. The molecule has 1 heterocycles. The van der Waals surface area contributed by atoms with Crippen LogP contribution in [0.4, 0.5) is 5.82 Å². The molecule has 0 unspecified atom stereocenters. The number of nitrogens with one attached hydrogen (secondary N) is 2. The molecule has 1 aromatic rings. The number of rotatable bonds is 4. The van der Waals surface area contributed by atoms with Crippen molar-refractivity contribution in [1.82, 2.24) is 9.97 Å². The molecule has 2 aliphatic rings. The summed E-state index contributed by atoms with van der Waals surface area (Å²) in [6.07, 6.45) is 5.60. The average Bonchev–Trinajstić information content (AvgIpc) is 3.06. The monoisotopic (exact) mass is 234 g/mol. The zero-order valence-electron chi connectivity index (χ0n) is 9.83. The number of aromatic nitrogens is 2. The van der Waals surface area contributed by atoms with Gasteiger partial charge >= 0.3 is 0 Å². The summed E-state index contributed by atoms with van der Waals surface area (Å²) in [6, 6.07) is 1.53. The Morgan fingerprint density at radius 2 is 2.29 bits per heavy atom. The number of aromatic amines is 1. The van der Waals surface area contributed by atoms with Crippen LogP contribution in [-0.2, 0) is 0 Å². The Kier molecular flexibility index (Phi) is 2.43. The average molecular weight is 234 g/mol. The van der Waals surface area contributed by atoms with Gasteiger partial charge in [-0.25, -0.2) is 4.98 Å². The van der Waals surface area contributed by atoms with Gasteiger partial charge in [-0.1, -0.05) is 0 Å². The number of nitrogens with zero attached hydrogens (tertiary/aromatic N) is 1. The summed E-state index contributed by atoms with van der Waals surface area (Å²) in [7, 11) is 0. The lowest BCUT2D eigenvalue weighted by atomic mass is 9.77. The number of nitrogens with two attached hydrogens (primary N) is 1. The van der Waals surface area contributed by atoms with E-state index in [0.29, 0.717) is 18.3 Å². The Labute approximate surface area is 99.8 Å². The fourth-order valence-corrected chi connectivity index (χ4v) is 2.35. The quantitative estimate of drug-likeness (QED) is 0.724. The zero-order chi connectivity index (χ0) is 11.9. The van der Waals surface area contributed by atoms with E-state index in [0.717, 1.165) is 31.5 Å². The van der Waals surface area contributed by atoms with Crippen LogP contribution < -0.4 is 16.6 Å². The van der Waals surface area contributed by atoms with Gasteiger partial charge in [0.25, 0.3) is 5.56 Å². The van der Waals surface area contributed by atoms with Crippen LogP contribution in [0, 0.1) is 0 Å². The fraction of sp³-hybridized carbons (Fsp3) is 0.667. The molecule has 0 aliphatic heterocycles. The van der Waals surface area contributed by atoms with Crippen LogP contribution in [0.2, 0.25) is 0 Å². The third-order valence-electron chi connectivity index (χ3n) is 3.82. The van der Waals surface area contributed by atoms with Gasteiger partial charge < -0.3 is 16.0 Å². The maximum absolute atomic E-state index is 11.6. The normalized spacial score (nSPS) is 21.9. The minimum Gasteiger partial charge on any atom is -0.363 e. The molecule has 0 spiro atoms. The van der Waals surface area contributed by atoms with Crippen LogP contribution in [-0.4, -0.2) is 22.1 Å². The van der Waals surface area contributed by atoms with Crippen LogP contribution in [0.1, 0.15) is 43.8 Å². The lowest BCUT2D eigenvalue weighted by Gasteiger charge is -2.42. The zero-order valence-corrected chi connectivity index (χ0v) is 9.83. The van der Waals surface area contributed by atoms with Gasteiger partial charge in [-0.2, -0.15) is 0 Å². The summed E-state index contributed by atoms with van der Waals surface area (Å²) in [5, 5.41) is 3.35. The van der Waals surface area contributed by atoms with Gasteiger partial charge in [-0.05, 0) is 32.1 Å². The van der Waals surface area contributed by atoms with E-state index in [1.165, 1.54) is 12.5 Å². The Balaban J connectivity index is 1.84. The molecular formula is C12H18N4O. The first-order valence-corrected chi connectivity index (χ1v) is 6.30. The van der Waals surface area contributed by atoms with E-state index >= 15 is 0 Å². The van der Waals surface area contributed by atoms with Crippen molar-refractivity contribution in [3.63, 3.8) is 0 Å². The van der Waals surface area contributed by atoms with E-state index < -0.39 is 0 Å². The molecule has 5 heteroatoms. The first-order chi connectivity index (χ1) is 8.21. The first-order valence-electron chi connectivity index (χ1n) is 6.30. The molecule has 2 fully saturated rings. The molecule has 0 bridgehead atoms. The molecule has 2 aliphatic carbocycles. The standard InChI is InChI=1S/C12H18N4O/c13-7-12(4-1-5-12)16-9-6-10(17)15-11(14-9)8-2-3-8/h6,8H,1-5,7,13H2,(H2,14,15,16,17). The van der Waals surface area contributed by atoms with E-state index in [2.05, 4.69) is 15.3 Å². The van der Waals surface area contributed by atoms with Crippen molar-refractivity contribution in [3.8, 4) is 0 Å². The van der Waals surface area contributed by atoms with Crippen molar-refractivity contribution in [2.45, 2.75) is 43.6 Å². The maximum atomic E-state index is 11.6. The number of H-pyrrole nitrogens is 1. The van der Waals surface area contributed by atoms with Crippen LogP contribution >= 0.6 is 0 Å². The van der Waals surface area contributed by atoms with Gasteiger partial charge in [0.2, 0.25) is 0 Å². The highest BCUT2D eigenvalue weighted by Gasteiger charge is 2.36. The highest BCUT2D eigenvalue weighted by Crippen LogP contribution is 2.38. The first kappa shape index (κ1) is 10.8. The molecule has 0 aromatic carbocycles. The topological polar surface area (TPSA) is 83.8 Å². The highest BCUT2D eigenvalue weighted by molar-refractivity contribution is 5.39. The van der Waals surface area contributed by atoms with Crippen molar-refractivity contribution < 1.29 is 0 Å². The van der Waals surface area contributed by atoms with Gasteiger partial charge in [0.15, 0.2) is 0 Å². The van der Waals surface area contributed by atoms with E-state index in [1.54, 1.807) is 0 Å². The van der Waals surface area contributed by atoms with Gasteiger partial charge in [0, 0.05) is 18.5 Å². The predicted molar refractivity (Wildman–Crippen MR) is 66.1 cm³/mol. The molecule has 5 nitrogen and oxygen atoms in total. The molecule has 0 saturated heterocycles. The maximum Gasteiger partial charge on any atom is 0.252 e. The molecule has 0 atom stereocenters. The summed E-state index contributed by atoms with van der Waals surface area (Å²) in [4.78, 5) is 18.9. The molecule has 2 saturated carbocycles. The molecule has 4 N–H and O–H groups in total. The number of hydrogen-bond acceptors (Lipinski definition) is 4. The smallest absolute Gasteiger partial charge is 0.252 e. The lowest BCUT2D eigenvalue weighted by Crippen LogP contribution is -2.51. The highest BCUT2D eigenvalue weighted by atomic mass is 16.1. The van der Waals surface area contributed by atoms with Crippen LogP contribution in [0.15, 0.2) is 10.9 Å². The lowest BCUT2D eigenvalue weighted by molar-refractivity contribution is 0.286. The number of anilines is 1. The summed E-state index contributed by atoms with van der Waals surface area (Å²) in [5.41, 5.74) is 5.69. The van der Waals surface area contributed by atoms with E-state index in [-0.39, 0.29) is 11.1 Å². The van der Waals surface area contributed by atoms with Crippen molar-refractivity contribution in [1.29, 1.82) is 0 Å². The molecule has 0 amide bonds. The summed E-state index contributed by atoms with van der Waals surface area (Å²) < 4.78 is 0. The van der Waals surface area contributed by atoms with Crippen molar-refractivity contribution in [2.24, 2.45) is 5.73 Å². The Hall–Kier alpha value is -1.36. The van der Waals surface area contributed by atoms with Crippen LogP contribution in [0.25, 0.3) is 0 Å². The minimum absolute atomic E-state index is 0.0262. The van der Waals surface area contributed by atoms with E-state index in [9.17, 15) is 4.79 Å². The summed E-state index contributed by atoms with van der Waals surface area (Å²) in [5.74, 6) is 1.96. The predicted octanol–water partition coefficient (Wildman–Crippen LogP) is 0.941. The minimum atomic E-state index is -0.0732. The van der Waals surface area contributed by atoms with Gasteiger partial charge in [-0.15, -0.1) is 0 Å². The largest absolute Gasteiger partial charge is 0.363 e. The van der Waals surface area contributed by atoms with Crippen LogP contribution in [0.3, 0.4) is 0 Å². The third-order valence-corrected chi connectivity index (χ3v) is 3.82. The Bertz CT molecular complexity index is 468. The fourth-order valence-electron chi connectivity index (χ4n) is 2.35. The SMILES string of the molecule is NCC1(Nc2cc(=O)[nH]c(C3CC3)n2)CCC1. The molecule has 17 heavy (non-hydrogen) atoms. The second-order valence-corrected chi connectivity index (χ2v) is 5.25. The number of hydrogen-bond donors (Lipinski definition) is 3. The molecule has 1 aromatic heterocycles. The molecule has 92 valence electrons. The van der Waals surface area contributed by atoms with Gasteiger partial charge in [-0.3, -0.25) is 4.79 Å². The molecule has 3 rings (SSSR count). The van der Waals surface area contributed by atoms with Crippen molar-refractivity contribution >= 4 is 5.82 Å². The van der Waals surface area contributed by atoms with Gasteiger partial charge in [0.05, 0.1) is 5.54 Å². The van der Waals surface area contributed by atoms with E-state index in [4.69, 9.17) is 5.73 Å². The van der Waals surface area contributed by atoms with Gasteiger partial charge in [0.1, 0.15) is 11.6 Å². The third kappa shape index (κ3) is 2.07. The van der Waals surface area contributed by atoms with E-state index in [1.807, 2.05) is 0 Å². The molecular weight excluding hydrogens is 216 g/mol. The summed E-state index contributed by atoms with van der Waals surface area (Å²) in [6.45, 7) is 0.597. The Morgan fingerprint density at radius 3 is 2.82 bits per heavy atom. The second-order valence-electron chi connectivity index (χ2n) is 5.25. The Morgan fingerprint density at radius 1 is 1.53 bits per heavy atom.